The van der Waals surface area contributed by atoms with Gasteiger partial charge in [0.05, 0.1) is 12.1 Å². The molecule has 0 amide bonds. The van der Waals surface area contributed by atoms with Gasteiger partial charge in [-0.15, -0.1) is 5.06 Å². The van der Waals surface area contributed by atoms with Crippen molar-refractivity contribution in [1.29, 1.82) is 0 Å². The third-order valence-corrected chi connectivity index (χ3v) is 6.16. The lowest BCUT2D eigenvalue weighted by Crippen LogP contribution is -2.50. The molecule has 5 nitrogen and oxygen atoms in total. The average Bonchev–Trinajstić information content (AvgIpc) is 2.85. The fraction of sp³-hybridized carbons (Fsp3) is 0.185. The van der Waals surface area contributed by atoms with Crippen molar-refractivity contribution in [2.45, 2.75) is 25.3 Å². The number of carbonyl (C=O) groups is 2. The highest BCUT2D eigenvalue weighted by molar-refractivity contribution is 6.28. The molecule has 0 spiro atoms. The molecule has 1 atom stereocenters. The van der Waals surface area contributed by atoms with E-state index in [1.807, 2.05) is 67.6 Å². The van der Waals surface area contributed by atoms with E-state index in [1.54, 1.807) is 12.1 Å². The topological polar surface area (TPSA) is 66.8 Å². The summed E-state index contributed by atoms with van der Waals surface area (Å²) in [6.45, 7) is 2.18. The Morgan fingerprint density at radius 1 is 0.939 bits per heavy atom. The maximum atomic E-state index is 13.5. The summed E-state index contributed by atoms with van der Waals surface area (Å²) in [5.74, 6) is -3.29. The molecule has 168 valence electrons. The minimum atomic E-state index is -1.65. The highest BCUT2D eigenvalue weighted by atomic mass is 19.1. The third-order valence-electron chi connectivity index (χ3n) is 6.16. The number of carboxylic acids is 1. The first kappa shape index (κ1) is 22.4. The third kappa shape index (κ3) is 4.56. The molecule has 1 N–H and O–H groups in total. The number of hydrogen-bond donors (Lipinski definition) is 1. The van der Waals surface area contributed by atoms with E-state index in [0.717, 1.165) is 27.8 Å². The van der Waals surface area contributed by atoms with E-state index >= 15 is 0 Å². The summed E-state index contributed by atoms with van der Waals surface area (Å²) in [4.78, 5) is 28.4. The molecule has 0 saturated heterocycles. The summed E-state index contributed by atoms with van der Waals surface area (Å²) in [5, 5.41) is 10.5. The maximum Gasteiger partial charge on any atom is 0.436 e. The Labute approximate surface area is 191 Å². The second-order valence-corrected chi connectivity index (χ2v) is 7.99. The van der Waals surface area contributed by atoms with Gasteiger partial charge >= 0.3 is 11.9 Å². The molecule has 1 unspecified atom stereocenters. The quantitative estimate of drug-likeness (QED) is 0.531. The first-order valence-corrected chi connectivity index (χ1v) is 10.8. The van der Waals surface area contributed by atoms with Crippen molar-refractivity contribution in [2.75, 3.05) is 6.54 Å². The maximum absolute atomic E-state index is 13.5. The van der Waals surface area contributed by atoms with Crippen molar-refractivity contribution in [1.82, 2.24) is 5.06 Å². The lowest BCUT2D eigenvalue weighted by Gasteiger charge is -2.44. The van der Waals surface area contributed by atoms with Gasteiger partial charge in [0.2, 0.25) is 0 Å². The van der Waals surface area contributed by atoms with Crippen LogP contribution in [-0.4, -0.2) is 28.7 Å². The van der Waals surface area contributed by atoms with Crippen LogP contribution in [0.3, 0.4) is 0 Å². The molecular weight excluding hydrogens is 421 g/mol. The van der Waals surface area contributed by atoms with Crippen LogP contribution in [0.4, 0.5) is 4.39 Å². The fourth-order valence-electron chi connectivity index (χ4n) is 4.35. The zero-order valence-electron chi connectivity index (χ0n) is 18.2. The van der Waals surface area contributed by atoms with Gasteiger partial charge in [-0.3, -0.25) is 0 Å². The van der Waals surface area contributed by atoms with E-state index in [9.17, 15) is 14.0 Å². The van der Waals surface area contributed by atoms with E-state index in [-0.39, 0.29) is 12.4 Å². The number of carbonyl (C=O) groups excluding carboxylic acids is 1. The molecule has 3 aromatic carbocycles. The van der Waals surface area contributed by atoms with Crippen LogP contribution in [0.1, 0.15) is 30.9 Å². The van der Waals surface area contributed by atoms with Crippen LogP contribution in [0.2, 0.25) is 0 Å². The Morgan fingerprint density at radius 3 is 2.15 bits per heavy atom. The number of nitrogens with zero attached hydrogens (tertiary/aromatic N) is 1. The summed E-state index contributed by atoms with van der Waals surface area (Å²) in [5.41, 5.74) is 4.10. The summed E-state index contributed by atoms with van der Waals surface area (Å²) in [6, 6.07) is 24.2. The van der Waals surface area contributed by atoms with E-state index in [0.29, 0.717) is 12.8 Å². The second kappa shape index (κ2) is 9.38. The Bertz CT molecular complexity index is 1170. The molecular formula is C27H24FNO4. The van der Waals surface area contributed by atoms with Crippen LogP contribution >= 0.6 is 0 Å². The van der Waals surface area contributed by atoms with E-state index in [2.05, 4.69) is 0 Å². The highest BCUT2D eigenvalue weighted by Crippen LogP contribution is 2.44. The van der Waals surface area contributed by atoms with Crippen molar-refractivity contribution < 1.29 is 23.9 Å². The number of hydrogen-bond acceptors (Lipinski definition) is 4. The van der Waals surface area contributed by atoms with E-state index in [1.165, 1.54) is 17.2 Å². The van der Waals surface area contributed by atoms with Gasteiger partial charge in [0, 0.05) is 0 Å². The fourth-order valence-corrected chi connectivity index (χ4v) is 4.35. The summed E-state index contributed by atoms with van der Waals surface area (Å²) >= 11 is 0. The standard InChI is InChI=1S/C27H24FNO4/c1-2-27(23-12-8-20(9-13-23)19-6-4-3-5-7-19)18-22(21-10-14-24(28)15-11-21)16-17-29(27)33-26(32)25(30)31/h3-16H,2,17-18H2,1H3,(H,30,31). The second-order valence-electron chi connectivity index (χ2n) is 7.99. The zero-order chi connectivity index (χ0) is 23.4. The zero-order valence-corrected chi connectivity index (χ0v) is 18.2. The molecule has 0 radical (unpaired) electrons. The number of carboxylic acid groups (broad SMARTS) is 1. The van der Waals surface area contributed by atoms with Crippen LogP contribution in [0.15, 0.2) is 84.9 Å². The first-order valence-electron chi connectivity index (χ1n) is 10.8. The summed E-state index contributed by atoms with van der Waals surface area (Å²) in [6.07, 6.45) is 2.91. The van der Waals surface area contributed by atoms with Crippen molar-refractivity contribution in [3.05, 3.63) is 102 Å². The van der Waals surface area contributed by atoms with Crippen molar-refractivity contribution >= 4 is 17.5 Å². The molecule has 1 aliphatic heterocycles. The number of rotatable bonds is 5. The van der Waals surface area contributed by atoms with Gasteiger partial charge in [0.25, 0.3) is 0 Å². The molecule has 1 aliphatic rings. The molecule has 0 aromatic heterocycles. The molecule has 6 heteroatoms. The number of halogens is 1. The van der Waals surface area contributed by atoms with Crippen LogP contribution in [0.5, 0.6) is 0 Å². The minimum absolute atomic E-state index is 0.208. The van der Waals surface area contributed by atoms with Gasteiger partial charge < -0.3 is 9.94 Å². The molecule has 0 fully saturated rings. The van der Waals surface area contributed by atoms with Gasteiger partial charge in [-0.25, -0.2) is 14.0 Å². The summed E-state index contributed by atoms with van der Waals surface area (Å²) in [7, 11) is 0. The highest BCUT2D eigenvalue weighted by Gasteiger charge is 2.43. The minimum Gasteiger partial charge on any atom is -0.473 e. The SMILES string of the molecule is CCC1(c2ccc(-c3ccccc3)cc2)CC(c2ccc(F)cc2)=CCN1OC(=O)C(=O)O. The largest absolute Gasteiger partial charge is 0.473 e. The van der Waals surface area contributed by atoms with Crippen LogP contribution in [0, 0.1) is 5.82 Å². The number of aliphatic carboxylic acids is 1. The molecule has 0 saturated carbocycles. The monoisotopic (exact) mass is 445 g/mol. The average molecular weight is 445 g/mol. The van der Waals surface area contributed by atoms with E-state index in [4.69, 9.17) is 9.94 Å². The predicted octanol–water partition coefficient (Wildman–Crippen LogP) is 5.43. The molecule has 1 heterocycles. The van der Waals surface area contributed by atoms with E-state index < -0.39 is 17.5 Å². The Balaban J connectivity index is 1.74. The Hall–Kier alpha value is -3.77. The van der Waals surface area contributed by atoms with Gasteiger partial charge in [0.15, 0.2) is 0 Å². The van der Waals surface area contributed by atoms with Gasteiger partial charge in [0.1, 0.15) is 5.82 Å². The summed E-state index contributed by atoms with van der Waals surface area (Å²) < 4.78 is 13.5. The van der Waals surface area contributed by atoms with Gasteiger partial charge in [-0.05, 0) is 52.8 Å². The smallest absolute Gasteiger partial charge is 0.436 e. The predicted molar refractivity (Wildman–Crippen MR) is 123 cm³/mol. The lowest BCUT2D eigenvalue weighted by molar-refractivity contribution is -0.226. The van der Waals surface area contributed by atoms with Crippen LogP contribution in [0.25, 0.3) is 16.7 Å². The Kier molecular flexibility index (Phi) is 6.38. The van der Waals surface area contributed by atoms with Crippen molar-refractivity contribution in [3.63, 3.8) is 0 Å². The van der Waals surface area contributed by atoms with Crippen LogP contribution in [-0.2, 0) is 20.0 Å². The number of hydroxylamine groups is 2. The van der Waals surface area contributed by atoms with Crippen LogP contribution < -0.4 is 0 Å². The molecule has 0 aliphatic carbocycles. The molecule has 3 aromatic rings. The van der Waals surface area contributed by atoms with Gasteiger partial charge in [-0.1, -0.05) is 79.7 Å². The Morgan fingerprint density at radius 2 is 1.55 bits per heavy atom. The lowest BCUT2D eigenvalue weighted by atomic mass is 9.77. The molecule has 33 heavy (non-hydrogen) atoms. The van der Waals surface area contributed by atoms with Crippen molar-refractivity contribution in [3.8, 4) is 11.1 Å². The normalized spacial score (nSPS) is 18.4. The molecule has 4 rings (SSSR count). The first-order chi connectivity index (χ1) is 15.9. The van der Waals surface area contributed by atoms with Crippen molar-refractivity contribution in [2.24, 2.45) is 0 Å². The molecule has 0 bridgehead atoms. The van der Waals surface area contributed by atoms with Gasteiger partial charge in [-0.2, -0.15) is 0 Å². The number of benzene rings is 3.